The van der Waals surface area contributed by atoms with Crippen molar-refractivity contribution in [2.75, 3.05) is 32.8 Å². The van der Waals surface area contributed by atoms with E-state index in [0.717, 1.165) is 42.7 Å². The molecule has 0 spiro atoms. The SMILES string of the molecule is COCc1ccc(C(=O)Nc2cnc3c(C4CCOCC4)cnc(OC)c3n2)cc1. The predicted molar refractivity (Wildman–Crippen MR) is 112 cm³/mol. The topological polar surface area (TPSA) is 95.5 Å². The van der Waals surface area contributed by atoms with Crippen LogP contribution in [0.1, 0.15) is 40.2 Å². The third-order valence-electron chi connectivity index (χ3n) is 5.19. The molecule has 30 heavy (non-hydrogen) atoms. The van der Waals surface area contributed by atoms with Gasteiger partial charge in [-0.15, -0.1) is 0 Å². The Morgan fingerprint density at radius 2 is 1.87 bits per heavy atom. The minimum Gasteiger partial charge on any atom is -0.479 e. The maximum atomic E-state index is 12.6. The number of carbonyl (C=O) groups is 1. The zero-order chi connectivity index (χ0) is 20.9. The average molecular weight is 408 g/mol. The van der Waals surface area contributed by atoms with Crippen molar-refractivity contribution >= 4 is 22.8 Å². The van der Waals surface area contributed by atoms with E-state index in [1.165, 1.54) is 0 Å². The number of ether oxygens (including phenoxy) is 3. The van der Waals surface area contributed by atoms with E-state index < -0.39 is 0 Å². The summed E-state index contributed by atoms with van der Waals surface area (Å²) in [6, 6.07) is 7.22. The van der Waals surface area contributed by atoms with Crippen LogP contribution in [0.15, 0.2) is 36.7 Å². The molecule has 1 amide bonds. The third-order valence-corrected chi connectivity index (χ3v) is 5.19. The zero-order valence-electron chi connectivity index (χ0n) is 17.1. The number of amides is 1. The van der Waals surface area contributed by atoms with Crippen molar-refractivity contribution in [3.05, 3.63) is 53.3 Å². The van der Waals surface area contributed by atoms with Crippen LogP contribution in [0.2, 0.25) is 0 Å². The van der Waals surface area contributed by atoms with Gasteiger partial charge in [0.2, 0.25) is 5.88 Å². The van der Waals surface area contributed by atoms with Gasteiger partial charge < -0.3 is 19.5 Å². The average Bonchev–Trinajstić information content (AvgIpc) is 2.79. The fourth-order valence-electron chi connectivity index (χ4n) is 3.62. The number of nitrogens with zero attached hydrogens (tertiary/aromatic N) is 3. The molecule has 0 aliphatic carbocycles. The lowest BCUT2D eigenvalue weighted by Gasteiger charge is -2.23. The molecule has 8 nitrogen and oxygen atoms in total. The number of fused-ring (bicyclic) bond motifs is 1. The highest BCUT2D eigenvalue weighted by Crippen LogP contribution is 2.33. The molecule has 156 valence electrons. The molecule has 0 saturated carbocycles. The lowest BCUT2D eigenvalue weighted by Crippen LogP contribution is -2.16. The lowest BCUT2D eigenvalue weighted by atomic mass is 9.92. The third kappa shape index (κ3) is 4.24. The molecular formula is C22H24N4O4. The maximum absolute atomic E-state index is 12.6. The molecule has 3 heterocycles. The van der Waals surface area contributed by atoms with E-state index >= 15 is 0 Å². The smallest absolute Gasteiger partial charge is 0.256 e. The standard InChI is InChI=1S/C22H24N4O4/c1-28-13-14-3-5-16(6-4-14)21(27)26-18-12-23-19-17(15-7-9-30-10-8-15)11-24-22(29-2)20(19)25-18/h3-6,11-12,15H,7-10,13H2,1-2H3,(H,25,26,27). The van der Waals surface area contributed by atoms with Gasteiger partial charge >= 0.3 is 0 Å². The van der Waals surface area contributed by atoms with E-state index in [1.807, 2.05) is 18.3 Å². The van der Waals surface area contributed by atoms with Crippen LogP contribution in [0.25, 0.3) is 11.0 Å². The second kappa shape index (κ2) is 9.15. The molecule has 0 atom stereocenters. The molecule has 3 aromatic rings. The molecule has 1 saturated heterocycles. The summed E-state index contributed by atoms with van der Waals surface area (Å²) in [4.78, 5) is 26.2. The van der Waals surface area contributed by atoms with Crippen molar-refractivity contribution in [3.8, 4) is 5.88 Å². The van der Waals surface area contributed by atoms with Gasteiger partial charge in [0.15, 0.2) is 11.3 Å². The highest BCUT2D eigenvalue weighted by Gasteiger charge is 2.22. The number of hydrogen-bond acceptors (Lipinski definition) is 7. The van der Waals surface area contributed by atoms with E-state index in [1.54, 1.807) is 32.5 Å². The van der Waals surface area contributed by atoms with Crippen molar-refractivity contribution in [3.63, 3.8) is 0 Å². The quantitative estimate of drug-likeness (QED) is 0.668. The number of methoxy groups -OCH3 is 2. The first-order chi connectivity index (χ1) is 14.7. The first kappa shape index (κ1) is 20.2. The molecule has 1 N–H and O–H groups in total. The van der Waals surface area contributed by atoms with E-state index in [2.05, 4.69) is 20.3 Å². The molecule has 1 aromatic carbocycles. The van der Waals surface area contributed by atoms with Gasteiger partial charge in [0.25, 0.3) is 5.91 Å². The first-order valence-electron chi connectivity index (χ1n) is 9.86. The summed E-state index contributed by atoms with van der Waals surface area (Å²) in [6.07, 6.45) is 5.22. The van der Waals surface area contributed by atoms with Crippen LogP contribution in [-0.2, 0) is 16.1 Å². The molecular weight excluding hydrogens is 384 g/mol. The highest BCUT2D eigenvalue weighted by molar-refractivity contribution is 6.04. The zero-order valence-corrected chi connectivity index (χ0v) is 17.1. The van der Waals surface area contributed by atoms with Crippen molar-refractivity contribution in [2.24, 2.45) is 0 Å². The van der Waals surface area contributed by atoms with Gasteiger partial charge in [-0.1, -0.05) is 12.1 Å². The van der Waals surface area contributed by atoms with Crippen LogP contribution in [0, 0.1) is 0 Å². The van der Waals surface area contributed by atoms with Gasteiger partial charge in [0.05, 0.1) is 25.4 Å². The summed E-state index contributed by atoms with van der Waals surface area (Å²) < 4.78 is 16.0. The van der Waals surface area contributed by atoms with Gasteiger partial charge in [-0.05, 0) is 36.5 Å². The van der Waals surface area contributed by atoms with E-state index in [9.17, 15) is 4.79 Å². The molecule has 1 fully saturated rings. The summed E-state index contributed by atoms with van der Waals surface area (Å²) in [5.74, 6) is 0.783. The highest BCUT2D eigenvalue weighted by atomic mass is 16.5. The van der Waals surface area contributed by atoms with E-state index in [0.29, 0.717) is 35.3 Å². The van der Waals surface area contributed by atoms with Crippen molar-refractivity contribution < 1.29 is 19.0 Å². The van der Waals surface area contributed by atoms with Gasteiger partial charge in [0.1, 0.15) is 0 Å². The fraction of sp³-hybridized carbons (Fsp3) is 0.364. The summed E-state index contributed by atoms with van der Waals surface area (Å²) in [7, 11) is 3.18. The number of nitrogens with one attached hydrogen (secondary N) is 1. The van der Waals surface area contributed by atoms with Crippen LogP contribution >= 0.6 is 0 Å². The number of pyridine rings is 1. The molecule has 4 rings (SSSR count). The molecule has 1 aliphatic heterocycles. The lowest BCUT2D eigenvalue weighted by molar-refractivity contribution is 0.0855. The number of anilines is 1. The van der Waals surface area contributed by atoms with Crippen LogP contribution in [0.4, 0.5) is 5.82 Å². The van der Waals surface area contributed by atoms with Crippen molar-refractivity contribution in [2.45, 2.75) is 25.4 Å². The number of rotatable bonds is 6. The molecule has 2 aromatic heterocycles. The second-order valence-electron chi connectivity index (χ2n) is 7.15. The van der Waals surface area contributed by atoms with Crippen molar-refractivity contribution in [1.82, 2.24) is 15.0 Å². The largest absolute Gasteiger partial charge is 0.479 e. The Kier molecular flexibility index (Phi) is 6.15. The van der Waals surface area contributed by atoms with Gasteiger partial charge in [-0.25, -0.2) is 9.97 Å². The van der Waals surface area contributed by atoms with E-state index in [-0.39, 0.29) is 5.91 Å². The Bertz CT molecular complexity index is 1030. The molecule has 0 bridgehead atoms. The number of aromatic nitrogens is 3. The van der Waals surface area contributed by atoms with Gasteiger partial charge in [-0.2, -0.15) is 0 Å². The summed E-state index contributed by atoms with van der Waals surface area (Å²) in [5, 5.41) is 2.81. The monoisotopic (exact) mass is 408 g/mol. The summed E-state index contributed by atoms with van der Waals surface area (Å²) in [6.45, 7) is 1.95. The van der Waals surface area contributed by atoms with Crippen molar-refractivity contribution in [1.29, 1.82) is 0 Å². The summed E-state index contributed by atoms with van der Waals surface area (Å²) >= 11 is 0. The predicted octanol–water partition coefficient (Wildman–Crippen LogP) is 3.33. The summed E-state index contributed by atoms with van der Waals surface area (Å²) in [5.41, 5.74) is 3.84. The Morgan fingerprint density at radius 1 is 1.10 bits per heavy atom. The minimum absolute atomic E-state index is 0.264. The van der Waals surface area contributed by atoms with Crippen LogP contribution in [-0.4, -0.2) is 48.3 Å². The van der Waals surface area contributed by atoms with Crippen LogP contribution in [0.5, 0.6) is 5.88 Å². The second-order valence-corrected chi connectivity index (χ2v) is 7.15. The Labute approximate surface area is 174 Å². The minimum atomic E-state index is -0.264. The van der Waals surface area contributed by atoms with E-state index in [4.69, 9.17) is 14.2 Å². The number of benzene rings is 1. The Hall–Kier alpha value is -3.10. The molecule has 0 radical (unpaired) electrons. The molecule has 8 heteroatoms. The molecule has 1 aliphatic rings. The van der Waals surface area contributed by atoms with Crippen LogP contribution < -0.4 is 10.1 Å². The van der Waals surface area contributed by atoms with Gasteiger partial charge in [-0.3, -0.25) is 9.78 Å². The number of hydrogen-bond donors (Lipinski definition) is 1. The maximum Gasteiger partial charge on any atom is 0.256 e. The normalized spacial score (nSPS) is 14.6. The molecule has 0 unspecified atom stereocenters. The van der Waals surface area contributed by atoms with Gasteiger partial charge in [0, 0.05) is 37.6 Å². The fourth-order valence-corrected chi connectivity index (χ4v) is 3.62. The Balaban J connectivity index is 1.61. The number of carbonyl (C=O) groups excluding carboxylic acids is 1. The Morgan fingerprint density at radius 3 is 2.57 bits per heavy atom. The van der Waals surface area contributed by atoms with Crippen LogP contribution in [0.3, 0.4) is 0 Å². The first-order valence-corrected chi connectivity index (χ1v) is 9.86.